The number of nitrogens with zero attached hydrogens (tertiary/aromatic N) is 1. The lowest BCUT2D eigenvalue weighted by Crippen LogP contribution is -2.40. The molecule has 0 aromatic rings. The van der Waals surface area contributed by atoms with Crippen LogP contribution in [0.2, 0.25) is 0 Å². The van der Waals surface area contributed by atoms with Crippen molar-refractivity contribution in [2.45, 2.75) is 38.1 Å². The van der Waals surface area contributed by atoms with Gasteiger partial charge in [-0.05, 0) is 25.7 Å². The van der Waals surface area contributed by atoms with E-state index < -0.39 is 0 Å². The van der Waals surface area contributed by atoms with Crippen LogP contribution in [0.4, 0.5) is 0 Å². The van der Waals surface area contributed by atoms with Gasteiger partial charge in [0, 0.05) is 19.1 Å². The normalized spacial score (nSPS) is 34.1. The maximum absolute atomic E-state index is 11.9. The first-order valence-electron chi connectivity index (χ1n) is 5.33. The highest BCUT2D eigenvalue weighted by molar-refractivity contribution is 5.80. The minimum Gasteiger partial charge on any atom is -0.342 e. The zero-order valence-electron chi connectivity index (χ0n) is 8.04. The predicted octanol–water partition coefficient (Wildman–Crippen LogP) is 0.736. The summed E-state index contributed by atoms with van der Waals surface area (Å²) >= 11 is 0. The lowest BCUT2D eigenvalue weighted by molar-refractivity contribution is -0.134. The van der Waals surface area contributed by atoms with Gasteiger partial charge in [0.05, 0.1) is 5.92 Å². The van der Waals surface area contributed by atoms with E-state index in [2.05, 4.69) is 0 Å². The monoisotopic (exact) mass is 182 g/mol. The van der Waals surface area contributed by atoms with E-state index in [-0.39, 0.29) is 12.0 Å². The Kier molecular flexibility index (Phi) is 2.54. The maximum Gasteiger partial charge on any atom is 0.227 e. The Morgan fingerprint density at radius 1 is 1.15 bits per heavy atom. The van der Waals surface area contributed by atoms with E-state index in [9.17, 15) is 4.79 Å². The van der Waals surface area contributed by atoms with Crippen LogP contribution in [0.15, 0.2) is 0 Å². The molecule has 1 aliphatic heterocycles. The largest absolute Gasteiger partial charge is 0.342 e. The van der Waals surface area contributed by atoms with Crippen molar-refractivity contribution in [2.24, 2.45) is 11.7 Å². The summed E-state index contributed by atoms with van der Waals surface area (Å²) in [6, 6.07) is 0.133. The molecule has 1 saturated heterocycles. The number of rotatable bonds is 1. The van der Waals surface area contributed by atoms with Crippen molar-refractivity contribution in [1.29, 1.82) is 0 Å². The van der Waals surface area contributed by atoms with Gasteiger partial charge in [-0.1, -0.05) is 6.42 Å². The molecular weight excluding hydrogens is 164 g/mol. The van der Waals surface area contributed by atoms with Crippen molar-refractivity contribution in [2.75, 3.05) is 13.1 Å². The summed E-state index contributed by atoms with van der Waals surface area (Å²) in [5.41, 5.74) is 5.90. The van der Waals surface area contributed by atoms with Crippen molar-refractivity contribution >= 4 is 5.91 Å². The molecule has 1 amide bonds. The van der Waals surface area contributed by atoms with Crippen molar-refractivity contribution < 1.29 is 4.79 Å². The van der Waals surface area contributed by atoms with Gasteiger partial charge >= 0.3 is 0 Å². The first-order chi connectivity index (χ1) is 6.29. The van der Waals surface area contributed by atoms with E-state index in [4.69, 9.17) is 5.73 Å². The Balaban J connectivity index is 1.95. The van der Waals surface area contributed by atoms with Crippen LogP contribution in [0.25, 0.3) is 0 Å². The van der Waals surface area contributed by atoms with Crippen LogP contribution in [0.1, 0.15) is 32.1 Å². The summed E-state index contributed by atoms with van der Waals surface area (Å²) < 4.78 is 0. The van der Waals surface area contributed by atoms with Crippen molar-refractivity contribution in [1.82, 2.24) is 4.90 Å². The third kappa shape index (κ3) is 1.70. The zero-order valence-corrected chi connectivity index (χ0v) is 8.04. The van der Waals surface area contributed by atoms with Crippen molar-refractivity contribution in [3.63, 3.8) is 0 Å². The lowest BCUT2D eigenvalue weighted by atomic mass is 10.0. The highest BCUT2D eigenvalue weighted by Gasteiger charge is 2.33. The molecule has 1 saturated carbocycles. The molecule has 74 valence electrons. The molecule has 0 aromatic heterocycles. The number of carbonyl (C=O) groups is 1. The Labute approximate surface area is 79.3 Å². The molecule has 3 nitrogen and oxygen atoms in total. The minimum absolute atomic E-state index is 0.133. The van der Waals surface area contributed by atoms with E-state index in [1.54, 1.807) is 0 Å². The van der Waals surface area contributed by atoms with Gasteiger partial charge in [0.25, 0.3) is 0 Å². The summed E-state index contributed by atoms with van der Waals surface area (Å²) in [4.78, 5) is 13.9. The second-order valence-electron chi connectivity index (χ2n) is 4.23. The number of hydrogen-bond donors (Lipinski definition) is 1. The van der Waals surface area contributed by atoms with Gasteiger partial charge in [0.15, 0.2) is 0 Å². The van der Waals surface area contributed by atoms with Gasteiger partial charge in [-0.2, -0.15) is 0 Å². The highest BCUT2D eigenvalue weighted by atomic mass is 16.2. The van der Waals surface area contributed by atoms with Crippen LogP contribution >= 0.6 is 0 Å². The van der Waals surface area contributed by atoms with Crippen LogP contribution < -0.4 is 5.73 Å². The molecule has 1 heterocycles. The van der Waals surface area contributed by atoms with Gasteiger partial charge < -0.3 is 10.6 Å². The minimum atomic E-state index is 0.133. The molecule has 0 spiro atoms. The molecule has 2 fully saturated rings. The molecule has 2 atom stereocenters. The molecule has 2 aliphatic rings. The Morgan fingerprint density at radius 3 is 2.38 bits per heavy atom. The molecule has 1 aliphatic carbocycles. The standard InChI is InChI=1S/C10H18N2O/c11-9-5-3-4-8(9)10(13)12-6-1-2-7-12/h8-9H,1-7,11H2/t8-,9+/m0/s1. The summed E-state index contributed by atoms with van der Waals surface area (Å²) in [5, 5.41) is 0. The first-order valence-corrected chi connectivity index (χ1v) is 5.33. The zero-order chi connectivity index (χ0) is 9.26. The van der Waals surface area contributed by atoms with Gasteiger partial charge in [-0.3, -0.25) is 4.79 Å². The summed E-state index contributed by atoms with van der Waals surface area (Å²) in [5.74, 6) is 0.459. The van der Waals surface area contributed by atoms with Crippen LogP contribution in [-0.2, 0) is 4.79 Å². The Hall–Kier alpha value is -0.570. The second kappa shape index (κ2) is 3.66. The molecule has 3 heteroatoms. The molecule has 13 heavy (non-hydrogen) atoms. The molecule has 2 rings (SSSR count). The smallest absolute Gasteiger partial charge is 0.227 e. The van der Waals surface area contributed by atoms with E-state index >= 15 is 0 Å². The topological polar surface area (TPSA) is 46.3 Å². The fourth-order valence-electron chi connectivity index (χ4n) is 2.47. The number of likely N-dealkylation sites (tertiary alicyclic amines) is 1. The number of amides is 1. The van der Waals surface area contributed by atoms with Crippen LogP contribution in [0, 0.1) is 5.92 Å². The SMILES string of the molecule is N[C@@H]1CCC[C@@H]1C(=O)N1CCCC1. The second-order valence-corrected chi connectivity index (χ2v) is 4.23. The third-order valence-electron chi connectivity index (χ3n) is 3.30. The number of nitrogens with two attached hydrogens (primary N) is 1. The molecular formula is C10H18N2O. The van der Waals surface area contributed by atoms with Gasteiger partial charge in [-0.15, -0.1) is 0 Å². The highest BCUT2D eigenvalue weighted by Crippen LogP contribution is 2.27. The Morgan fingerprint density at radius 2 is 1.85 bits per heavy atom. The average molecular weight is 182 g/mol. The maximum atomic E-state index is 11.9. The quantitative estimate of drug-likeness (QED) is 0.650. The molecule has 0 bridgehead atoms. The van der Waals surface area contributed by atoms with E-state index in [0.717, 1.165) is 32.4 Å². The van der Waals surface area contributed by atoms with Gasteiger partial charge in [-0.25, -0.2) is 0 Å². The fraction of sp³-hybridized carbons (Fsp3) is 0.900. The van der Waals surface area contributed by atoms with Gasteiger partial charge in [0.2, 0.25) is 5.91 Å². The average Bonchev–Trinajstić information content (AvgIpc) is 2.72. The molecule has 2 N–H and O–H groups in total. The molecule has 0 unspecified atom stereocenters. The van der Waals surface area contributed by atoms with E-state index in [1.807, 2.05) is 4.90 Å². The third-order valence-corrected chi connectivity index (χ3v) is 3.30. The number of carbonyl (C=O) groups excluding carboxylic acids is 1. The van der Waals surface area contributed by atoms with Crippen LogP contribution in [0.5, 0.6) is 0 Å². The van der Waals surface area contributed by atoms with Crippen LogP contribution in [-0.4, -0.2) is 29.9 Å². The predicted molar refractivity (Wildman–Crippen MR) is 51.1 cm³/mol. The van der Waals surface area contributed by atoms with Crippen molar-refractivity contribution in [3.8, 4) is 0 Å². The summed E-state index contributed by atoms with van der Waals surface area (Å²) in [6.45, 7) is 1.92. The Bertz CT molecular complexity index is 199. The van der Waals surface area contributed by atoms with E-state index in [0.29, 0.717) is 5.91 Å². The summed E-state index contributed by atoms with van der Waals surface area (Å²) in [6.07, 6.45) is 5.52. The lowest BCUT2D eigenvalue weighted by Gasteiger charge is -2.22. The first kappa shape index (κ1) is 9.00. The van der Waals surface area contributed by atoms with Gasteiger partial charge in [0.1, 0.15) is 0 Å². The van der Waals surface area contributed by atoms with Crippen molar-refractivity contribution in [3.05, 3.63) is 0 Å². The van der Waals surface area contributed by atoms with E-state index in [1.165, 1.54) is 12.8 Å². The fourth-order valence-corrected chi connectivity index (χ4v) is 2.47. The van der Waals surface area contributed by atoms with Crippen LogP contribution in [0.3, 0.4) is 0 Å². The number of hydrogen-bond acceptors (Lipinski definition) is 2. The molecule has 0 aromatic carbocycles. The molecule has 0 radical (unpaired) electrons. The summed E-state index contributed by atoms with van der Waals surface area (Å²) in [7, 11) is 0.